The minimum Gasteiger partial charge on any atom is -0.444 e. The van der Waals surface area contributed by atoms with Gasteiger partial charge in [-0.25, -0.2) is 9.78 Å². The second-order valence-corrected chi connectivity index (χ2v) is 9.54. The molecule has 0 bridgehead atoms. The van der Waals surface area contributed by atoms with E-state index in [2.05, 4.69) is 32.8 Å². The first-order valence-electron chi connectivity index (χ1n) is 11.9. The third-order valence-corrected chi connectivity index (χ3v) is 5.37. The van der Waals surface area contributed by atoms with E-state index in [0.717, 1.165) is 25.9 Å². The number of hydrogen-bond donors (Lipinski definition) is 3. The normalized spacial score (nSPS) is 15.8. The van der Waals surface area contributed by atoms with Crippen molar-refractivity contribution in [1.29, 1.82) is 0 Å². The Balaban J connectivity index is 1.38. The van der Waals surface area contributed by atoms with Crippen molar-refractivity contribution >= 4 is 40.6 Å². The van der Waals surface area contributed by atoms with Crippen molar-refractivity contribution in [2.45, 2.75) is 52.2 Å². The quantitative estimate of drug-likeness (QED) is 0.455. The van der Waals surface area contributed by atoms with Gasteiger partial charge >= 0.3 is 6.09 Å². The van der Waals surface area contributed by atoms with E-state index in [1.165, 1.54) is 0 Å². The molecule has 0 spiro atoms. The summed E-state index contributed by atoms with van der Waals surface area (Å²) in [6.45, 7) is 9.64. The third-order valence-electron chi connectivity index (χ3n) is 5.37. The minimum absolute atomic E-state index is 0.0468. The van der Waals surface area contributed by atoms with E-state index >= 15 is 0 Å². The van der Waals surface area contributed by atoms with Gasteiger partial charge in [0.15, 0.2) is 5.58 Å². The van der Waals surface area contributed by atoms with E-state index in [4.69, 9.17) is 9.15 Å². The lowest BCUT2D eigenvalue weighted by Crippen LogP contribution is -2.40. The number of nitrogens with zero attached hydrogens (tertiary/aromatic N) is 3. The van der Waals surface area contributed by atoms with Crippen LogP contribution in [0.15, 0.2) is 40.8 Å². The molecule has 0 saturated carbocycles. The predicted molar refractivity (Wildman–Crippen MR) is 135 cm³/mol. The number of anilines is 3. The average Bonchev–Trinajstić information content (AvgIpc) is 3.42. The molecular formula is C25H32N6O4. The van der Waals surface area contributed by atoms with E-state index in [0.29, 0.717) is 40.9 Å². The van der Waals surface area contributed by atoms with Gasteiger partial charge in [0, 0.05) is 31.4 Å². The van der Waals surface area contributed by atoms with Gasteiger partial charge in [0.1, 0.15) is 22.6 Å². The van der Waals surface area contributed by atoms with E-state index in [9.17, 15) is 9.59 Å². The van der Waals surface area contributed by atoms with Gasteiger partial charge in [-0.3, -0.25) is 4.79 Å². The van der Waals surface area contributed by atoms with E-state index in [-0.39, 0.29) is 11.9 Å². The fraction of sp³-hybridized carbons (Fsp3) is 0.440. The van der Waals surface area contributed by atoms with Crippen molar-refractivity contribution in [1.82, 2.24) is 15.3 Å². The Kier molecular flexibility index (Phi) is 7.09. The highest BCUT2D eigenvalue weighted by Gasteiger charge is 2.27. The van der Waals surface area contributed by atoms with Crippen LogP contribution in [0.25, 0.3) is 11.1 Å². The zero-order valence-corrected chi connectivity index (χ0v) is 20.6. The summed E-state index contributed by atoms with van der Waals surface area (Å²) < 4.78 is 11.1. The summed E-state index contributed by atoms with van der Waals surface area (Å²) in [5.74, 6) is 0.362. The van der Waals surface area contributed by atoms with Crippen LogP contribution in [0.5, 0.6) is 0 Å². The SMILES string of the molecule is CCCNc1nc2ccc(NC(=O)c3cccc(N4CCC(NC(=O)OC(C)(C)C)C4)n3)cc2o1. The Hall–Kier alpha value is -3.82. The molecule has 10 nitrogen and oxygen atoms in total. The minimum atomic E-state index is -0.544. The number of hydrogen-bond acceptors (Lipinski definition) is 8. The molecule has 3 N–H and O–H groups in total. The Morgan fingerprint density at radius 2 is 2.03 bits per heavy atom. The molecule has 0 aliphatic carbocycles. The molecule has 10 heteroatoms. The average molecular weight is 481 g/mol. The molecule has 186 valence electrons. The molecule has 1 fully saturated rings. The molecule has 1 atom stereocenters. The fourth-order valence-corrected chi connectivity index (χ4v) is 3.79. The van der Waals surface area contributed by atoms with Crippen LogP contribution in [0.4, 0.5) is 22.3 Å². The first-order chi connectivity index (χ1) is 16.7. The van der Waals surface area contributed by atoms with Crippen LogP contribution in [0, 0.1) is 0 Å². The number of ether oxygens (including phenoxy) is 1. The first kappa shape index (κ1) is 24.3. The number of benzene rings is 1. The maximum Gasteiger partial charge on any atom is 0.407 e. The summed E-state index contributed by atoms with van der Waals surface area (Å²) in [5, 5.41) is 8.90. The van der Waals surface area contributed by atoms with Crippen molar-refractivity contribution < 1.29 is 18.7 Å². The fourth-order valence-electron chi connectivity index (χ4n) is 3.79. The van der Waals surface area contributed by atoms with Crippen LogP contribution in [0.1, 0.15) is 51.0 Å². The lowest BCUT2D eigenvalue weighted by Gasteiger charge is -2.22. The summed E-state index contributed by atoms with van der Waals surface area (Å²) in [6, 6.07) is 11.1. The van der Waals surface area contributed by atoms with Crippen molar-refractivity contribution in [3.8, 4) is 0 Å². The van der Waals surface area contributed by atoms with E-state index in [1.807, 2.05) is 31.7 Å². The van der Waals surface area contributed by atoms with E-state index in [1.54, 1.807) is 30.3 Å². The number of amides is 2. The zero-order valence-electron chi connectivity index (χ0n) is 20.6. The van der Waals surface area contributed by atoms with Gasteiger partial charge in [0.25, 0.3) is 11.9 Å². The smallest absolute Gasteiger partial charge is 0.407 e. The molecule has 2 aromatic heterocycles. The van der Waals surface area contributed by atoms with Crippen molar-refractivity contribution in [3.63, 3.8) is 0 Å². The van der Waals surface area contributed by atoms with Gasteiger partial charge in [0.2, 0.25) is 0 Å². The maximum absolute atomic E-state index is 12.9. The number of rotatable bonds is 7. The highest BCUT2D eigenvalue weighted by Crippen LogP contribution is 2.24. The molecule has 1 saturated heterocycles. The topological polar surface area (TPSA) is 122 Å². The number of carbonyl (C=O) groups is 2. The molecule has 1 aliphatic heterocycles. The Morgan fingerprint density at radius 3 is 2.80 bits per heavy atom. The van der Waals surface area contributed by atoms with Crippen LogP contribution in [-0.2, 0) is 4.74 Å². The summed E-state index contributed by atoms with van der Waals surface area (Å²) in [4.78, 5) is 35.9. The third kappa shape index (κ3) is 6.40. The van der Waals surface area contributed by atoms with Crippen LogP contribution >= 0.6 is 0 Å². The van der Waals surface area contributed by atoms with Crippen LogP contribution in [-0.4, -0.2) is 53.2 Å². The highest BCUT2D eigenvalue weighted by atomic mass is 16.6. The molecule has 1 unspecified atom stereocenters. The van der Waals surface area contributed by atoms with Gasteiger partial charge in [-0.15, -0.1) is 0 Å². The second-order valence-electron chi connectivity index (χ2n) is 9.54. The summed E-state index contributed by atoms with van der Waals surface area (Å²) >= 11 is 0. The van der Waals surface area contributed by atoms with Gasteiger partial charge in [-0.05, 0) is 57.9 Å². The number of fused-ring (bicyclic) bond motifs is 1. The Morgan fingerprint density at radius 1 is 1.20 bits per heavy atom. The highest BCUT2D eigenvalue weighted by molar-refractivity contribution is 6.03. The number of aromatic nitrogens is 2. The summed E-state index contributed by atoms with van der Waals surface area (Å²) in [6.07, 6.45) is 1.30. The van der Waals surface area contributed by atoms with Gasteiger partial charge < -0.3 is 30.0 Å². The first-order valence-corrected chi connectivity index (χ1v) is 11.9. The number of carbonyl (C=O) groups excluding carboxylic acids is 2. The van der Waals surface area contributed by atoms with Crippen molar-refractivity contribution in [2.75, 3.05) is 35.2 Å². The number of pyridine rings is 1. The largest absolute Gasteiger partial charge is 0.444 e. The van der Waals surface area contributed by atoms with Gasteiger partial charge in [-0.2, -0.15) is 4.98 Å². The van der Waals surface area contributed by atoms with E-state index < -0.39 is 11.7 Å². The van der Waals surface area contributed by atoms with Crippen molar-refractivity contribution in [2.24, 2.45) is 0 Å². The number of oxazole rings is 1. The predicted octanol–water partition coefficient (Wildman–Crippen LogP) is 4.40. The molecular weight excluding hydrogens is 448 g/mol. The maximum atomic E-state index is 12.9. The molecule has 3 heterocycles. The zero-order chi connectivity index (χ0) is 25.0. The van der Waals surface area contributed by atoms with Gasteiger partial charge in [-0.1, -0.05) is 13.0 Å². The standard InChI is InChI=1S/C25H32N6O4/c1-5-12-26-23-30-18-10-9-16(14-20(18)34-23)27-22(32)19-7-6-8-21(29-19)31-13-11-17(15-31)28-24(33)35-25(2,3)4/h6-10,14,17H,5,11-13,15H2,1-4H3,(H,26,30)(H,27,32)(H,28,33). The van der Waals surface area contributed by atoms with Crippen LogP contribution < -0.4 is 20.9 Å². The lowest BCUT2D eigenvalue weighted by atomic mass is 10.2. The lowest BCUT2D eigenvalue weighted by molar-refractivity contribution is 0.0509. The molecule has 0 radical (unpaired) electrons. The summed E-state index contributed by atoms with van der Waals surface area (Å²) in [5.41, 5.74) is 1.65. The number of alkyl carbamates (subject to hydrolysis) is 1. The number of nitrogens with one attached hydrogen (secondary N) is 3. The molecule has 1 aromatic carbocycles. The monoisotopic (exact) mass is 480 g/mol. The molecule has 2 amide bonds. The van der Waals surface area contributed by atoms with Crippen LogP contribution in [0.2, 0.25) is 0 Å². The second kappa shape index (κ2) is 10.2. The van der Waals surface area contributed by atoms with Crippen LogP contribution in [0.3, 0.4) is 0 Å². The molecule has 35 heavy (non-hydrogen) atoms. The van der Waals surface area contributed by atoms with Crippen molar-refractivity contribution in [3.05, 3.63) is 42.1 Å². The Labute approximate surface area is 204 Å². The molecule has 1 aliphatic rings. The summed E-state index contributed by atoms with van der Waals surface area (Å²) in [7, 11) is 0. The molecule has 3 aromatic rings. The van der Waals surface area contributed by atoms with Gasteiger partial charge in [0.05, 0.1) is 6.04 Å². The Bertz CT molecular complexity index is 1200. The molecule has 4 rings (SSSR count).